The third-order valence-electron chi connectivity index (χ3n) is 5.59. The van der Waals surface area contributed by atoms with E-state index in [1.165, 1.54) is 0 Å². The molecule has 0 radical (unpaired) electrons. The first-order valence-corrected chi connectivity index (χ1v) is 9.05. The third-order valence-corrected chi connectivity index (χ3v) is 5.59. The molecule has 1 aliphatic heterocycles. The van der Waals surface area contributed by atoms with Crippen LogP contribution in [0.4, 0.5) is 0 Å². The first-order chi connectivity index (χ1) is 12.1. The maximum absolute atomic E-state index is 12.5. The van der Waals surface area contributed by atoms with Gasteiger partial charge in [0.05, 0.1) is 11.3 Å². The molecule has 3 atom stereocenters. The lowest BCUT2D eigenvalue weighted by molar-refractivity contribution is 0.0926. The maximum atomic E-state index is 12.5. The molecule has 3 heterocycles. The number of aryl methyl sites for hydroxylation is 2. The monoisotopic (exact) mass is 339 g/mol. The molecule has 0 unspecified atom stereocenters. The molecule has 1 amide bonds. The Morgan fingerprint density at radius 3 is 2.96 bits per heavy atom. The Kier molecular flexibility index (Phi) is 4.29. The summed E-state index contributed by atoms with van der Waals surface area (Å²) in [6.07, 6.45) is 8.77. The quantitative estimate of drug-likeness (QED) is 0.924. The van der Waals surface area contributed by atoms with Gasteiger partial charge in [-0.15, -0.1) is 0 Å². The number of hydrogen-bond donors (Lipinski definition) is 1. The second kappa shape index (κ2) is 6.59. The van der Waals surface area contributed by atoms with Gasteiger partial charge in [-0.25, -0.2) is 0 Å². The molecule has 0 aromatic carbocycles. The highest BCUT2D eigenvalue weighted by Crippen LogP contribution is 2.38. The average molecular weight is 339 g/mol. The van der Waals surface area contributed by atoms with E-state index in [2.05, 4.69) is 26.4 Å². The summed E-state index contributed by atoms with van der Waals surface area (Å²) in [6, 6.07) is 4.82. The van der Waals surface area contributed by atoms with Crippen LogP contribution in [0.2, 0.25) is 0 Å². The van der Waals surface area contributed by atoms with Gasteiger partial charge < -0.3 is 5.32 Å². The van der Waals surface area contributed by atoms with E-state index in [9.17, 15) is 4.79 Å². The van der Waals surface area contributed by atoms with Crippen LogP contribution in [0.3, 0.4) is 0 Å². The highest BCUT2D eigenvalue weighted by Gasteiger charge is 2.44. The SMILES string of the molecule is Cc1cncc(C(=O)N[C@H]2CC[C@@H]3[C@H]2CCN3Cc2ccn(C)n2)c1. The number of carbonyl (C=O) groups excluding carboxylic acids is 1. The van der Waals surface area contributed by atoms with E-state index >= 15 is 0 Å². The van der Waals surface area contributed by atoms with Crippen molar-refractivity contribution in [1.29, 1.82) is 0 Å². The van der Waals surface area contributed by atoms with E-state index in [0.29, 0.717) is 17.5 Å². The normalized spacial score (nSPS) is 25.9. The smallest absolute Gasteiger partial charge is 0.253 e. The first kappa shape index (κ1) is 16.3. The van der Waals surface area contributed by atoms with Gasteiger partial charge in [0.1, 0.15) is 0 Å². The Balaban J connectivity index is 1.39. The van der Waals surface area contributed by atoms with E-state index in [1.807, 2.05) is 30.9 Å². The molecule has 2 aromatic heterocycles. The zero-order valence-corrected chi connectivity index (χ0v) is 14.9. The van der Waals surface area contributed by atoms with Crippen LogP contribution in [0.15, 0.2) is 30.7 Å². The summed E-state index contributed by atoms with van der Waals surface area (Å²) in [6.45, 7) is 3.95. The fraction of sp³-hybridized carbons (Fsp3) is 0.526. The van der Waals surface area contributed by atoms with E-state index in [-0.39, 0.29) is 11.9 Å². The molecule has 1 N–H and O–H groups in total. The number of rotatable bonds is 4. The first-order valence-electron chi connectivity index (χ1n) is 9.05. The summed E-state index contributed by atoms with van der Waals surface area (Å²) in [4.78, 5) is 19.2. The van der Waals surface area contributed by atoms with Crippen LogP contribution in [0, 0.1) is 12.8 Å². The van der Waals surface area contributed by atoms with Crippen molar-refractivity contribution in [3.05, 3.63) is 47.5 Å². The molecule has 1 saturated heterocycles. The van der Waals surface area contributed by atoms with Gasteiger partial charge in [0, 0.05) is 44.3 Å². The molecule has 2 fully saturated rings. The van der Waals surface area contributed by atoms with Crippen LogP contribution in [0.5, 0.6) is 0 Å². The summed E-state index contributed by atoms with van der Waals surface area (Å²) >= 11 is 0. The van der Waals surface area contributed by atoms with Crippen molar-refractivity contribution in [3.63, 3.8) is 0 Å². The average Bonchev–Trinajstić information content (AvgIpc) is 3.27. The minimum Gasteiger partial charge on any atom is -0.349 e. The molecule has 1 aliphatic carbocycles. The van der Waals surface area contributed by atoms with E-state index in [4.69, 9.17) is 0 Å². The maximum Gasteiger partial charge on any atom is 0.253 e. The van der Waals surface area contributed by atoms with Gasteiger partial charge in [-0.1, -0.05) is 0 Å². The predicted octanol–water partition coefficient (Wildman–Crippen LogP) is 1.91. The Bertz CT molecular complexity index is 771. The predicted molar refractivity (Wildman–Crippen MR) is 95.0 cm³/mol. The van der Waals surface area contributed by atoms with Gasteiger partial charge in [0.15, 0.2) is 0 Å². The number of likely N-dealkylation sites (tertiary alicyclic amines) is 1. The van der Waals surface area contributed by atoms with E-state index < -0.39 is 0 Å². The number of nitrogens with zero attached hydrogens (tertiary/aromatic N) is 4. The van der Waals surface area contributed by atoms with Gasteiger partial charge in [0.2, 0.25) is 0 Å². The molecule has 1 saturated carbocycles. The second-order valence-corrected chi connectivity index (χ2v) is 7.38. The number of pyridine rings is 1. The van der Waals surface area contributed by atoms with Crippen LogP contribution >= 0.6 is 0 Å². The number of fused-ring (bicyclic) bond motifs is 1. The van der Waals surface area contributed by atoms with Crippen LogP contribution in [-0.4, -0.2) is 44.2 Å². The molecule has 4 rings (SSSR count). The van der Waals surface area contributed by atoms with Gasteiger partial charge in [-0.05, 0) is 56.3 Å². The Morgan fingerprint density at radius 2 is 2.20 bits per heavy atom. The van der Waals surface area contributed by atoms with Crippen LogP contribution in [0.25, 0.3) is 0 Å². The molecule has 2 aromatic rings. The molecular formula is C19H25N5O. The van der Waals surface area contributed by atoms with Gasteiger partial charge in [0.25, 0.3) is 5.91 Å². The number of hydrogen-bond acceptors (Lipinski definition) is 4. The highest BCUT2D eigenvalue weighted by molar-refractivity contribution is 5.94. The van der Waals surface area contributed by atoms with Crippen molar-refractivity contribution < 1.29 is 4.79 Å². The number of carbonyl (C=O) groups is 1. The molecule has 25 heavy (non-hydrogen) atoms. The highest BCUT2D eigenvalue weighted by atomic mass is 16.1. The summed E-state index contributed by atoms with van der Waals surface area (Å²) in [5.74, 6) is 0.551. The van der Waals surface area contributed by atoms with Crippen molar-refractivity contribution in [2.24, 2.45) is 13.0 Å². The van der Waals surface area contributed by atoms with Crippen molar-refractivity contribution in [3.8, 4) is 0 Å². The summed E-state index contributed by atoms with van der Waals surface area (Å²) in [5, 5.41) is 7.76. The number of nitrogens with one attached hydrogen (secondary N) is 1. The minimum absolute atomic E-state index is 0.00465. The number of aromatic nitrogens is 3. The number of amides is 1. The molecule has 2 aliphatic rings. The lowest BCUT2D eigenvalue weighted by atomic mass is 9.99. The van der Waals surface area contributed by atoms with E-state index in [1.54, 1.807) is 12.4 Å². The van der Waals surface area contributed by atoms with Crippen LogP contribution in [0.1, 0.15) is 40.9 Å². The molecule has 0 spiro atoms. The molecule has 0 bridgehead atoms. The Hall–Kier alpha value is -2.21. The molecule has 6 heteroatoms. The van der Waals surface area contributed by atoms with Crippen molar-refractivity contribution in [2.75, 3.05) is 6.54 Å². The summed E-state index contributed by atoms with van der Waals surface area (Å²) < 4.78 is 1.86. The van der Waals surface area contributed by atoms with Gasteiger partial charge in [-0.2, -0.15) is 5.10 Å². The second-order valence-electron chi connectivity index (χ2n) is 7.38. The third kappa shape index (κ3) is 3.31. The fourth-order valence-corrected chi connectivity index (χ4v) is 4.44. The fourth-order valence-electron chi connectivity index (χ4n) is 4.44. The van der Waals surface area contributed by atoms with Crippen molar-refractivity contribution in [2.45, 2.75) is 44.8 Å². The Labute approximate surface area is 148 Å². The molecule has 6 nitrogen and oxygen atoms in total. The van der Waals surface area contributed by atoms with Crippen LogP contribution < -0.4 is 5.32 Å². The van der Waals surface area contributed by atoms with Crippen LogP contribution in [-0.2, 0) is 13.6 Å². The van der Waals surface area contributed by atoms with Crippen molar-refractivity contribution >= 4 is 5.91 Å². The standard InChI is InChI=1S/C19H25N5O/c1-13-9-14(11-20-10-13)19(25)21-17-3-4-18-16(17)6-8-24(18)12-15-5-7-23(2)22-15/h5,7,9-11,16-18H,3-4,6,8,12H2,1-2H3,(H,21,25)/t16-,17-,18+/m0/s1. The zero-order valence-electron chi connectivity index (χ0n) is 14.9. The lowest BCUT2D eigenvalue weighted by Gasteiger charge is -2.23. The van der Waals surface area contributed by atoms with Gasteiger partial charge in [-0.3, -0.25) is 19.4 Å². The topological polar surface area (TPSA) is 63.1 Å². The summed E-state index contributed by atoms with van der Waals surface area (Å²) in [5.41, 5.74) is 2.80. The minimum atomic E-state index is 0.00465. The zero-order chi connectivity index (χ0) is 17.4. The Morgan fingerprint density at radius 1 is 1.32 bits per heavy atom. The summed E-state index contributed by atoms with van der Waals surface area (Å²) in [7, 11) is 1.96. The largest absolute Gasteiger partial charge is 0.349 e. The molecule has 132 valence electrons. The van der Waals surface area contributed by atoms with E-state index in [0.717, 1.165) is 43.6 Å². The van der Waals surface area contributed by atoms with Crippen molar-refractivity contribution in [1.82, 2.24) is 25.0 Å². The van der Waals surface area contributed by atoms with Gasteiger partial charge >= 0.3 is 0 Å². The molecular weight excluding hydrogens is 314 g/mol. The lowest BCUT2D eigenvalue weighted by Crippen LogP contribution is -2.39.